The van der Waals surface area contributed by atoms with Crippen molar-refractivity contribution < 1.29 is 5.11 Å². The Kier molecular flexibility index (Phi) is 3.68. The lowest BCUT2D eigenvalue weighted by Gasteiger charge is -2.48. The van der Waals surface area contributed by atoms with Gasteiger partial charge in [-0.25, -0.2) is 0 Å². The lowest BCUT2D eigenvalue weighted by molar-refractivity contribution is 0.00608. The summed E-state index contributed by atoms with van der Waals surface area (Å²) in [7, 11) is 0. The highest BCUT2D eigenvalue weighted by Crippen LogP contribution is 2.52. The van der Waals surface area contributed by atoms with E-state index in [9.17, 15) is 5.11 Å². The lowest BCUT2D eigenvalue weighted by atomic mass is 9.59. The SMILES string of the molecule is C[C@@H]1CCN(CC2CCC3(CCC3)CC2)C[C@H]1O. The number of aliphatic hydroxyl groups is 1. The largest absolute Gasteiger partial charge is 0.392 e. The van der Waals surface area contributed by atoms with Gasteiger partial charge < -0.3 is 10.0 Å². The van der Waals surface area contributed by atoms with E-state index >= 15 is 0 Å². The summed E-state index contributed by atoms with van der Waals surface area (Å²) in [4.78, 5) is 2.52. The number of likely N-dealkylation sites (tertiary alicyclic amines) is 1. The molecule has 2 aliphatic carbocycles. The van der Waals surface area contributed by atoms with Gasteiger partial charge >= 0.3 is 0 Å². The van der Waals surface area contributed by atoms with Gasteiger partial charge in [0.25, 0.3) is 0 Å². The Morgan fingerprint density at radius 2 is 1.83 bits per heavy atom. The van der Waals surface area contributed by atoms with Crippen LogP contribution in [-0.2, 0) is 0 Å². The van der Waals surface area contributed by atoms with Crippen molar-refractivity contribution in [1.29, 1.82) is 0 Å². The van der Waals surface area contributed by atoms with E-state index in [0.29, 0.717) is 5.92 Å². The Balaban J connectivity index is 1.44. The van der Waals surface area contributed by atoms with Crippen LogP contribution in [0.4, 0.5) is 0 Å². The zero-order chi connectivity index (χ0) is 12.6. The van der Waals surface area contributed by atoms with E-state index in [2.05, 4.69) is 11.8 Å². The summed E-state index contributed by atoms with van der Waals surface area (Å²) in [5, 5.41) is 9.97. The summed E-state index contributed by atoms with van der Waals surface area (Å²) >= 11 is 0. The molecule has 104 valence electrons. The number of hydrogen-bond donors (Lipinski definition) is 1. The second kappa shape index (κ2) is 5.13. The van der Waals surface area contributed by atoms with E-state index in [0.717, 1.165) is 17.9 Å². The zero-order valence-corrected chi connectivity index (χ0v) is 11.9. The van der Waals surface area contributed by atoms with Gasteiger partial charge in [-0.2, -0.15) is 0 Å². The van der Waals surface area contributed by atoms with Crippen molar-refractivity contribution in [3.05, 3.63) is 0 Å². The van der Waals surface area contributed by atoms with Crippen LogP contribution < -0.4 is 0 Å². The quantitative estimate of drug-likeness (QED) is 0.815. The summed E-state index contributed by atoms with van der Waals surface area (Å²) in [5.41, 5.74) is 0.798. The molecule has 0 aromatic heterocycles. The van der Waals surface area contributed by atoms with Crippen molar-refractivity contribution in [1.82, 2.24) is 4.90 Å². The predicted octanol–water partition coefficient (Wildman–Crippen LogP) is 3.05. The van der Waals surface area contributed by atoms with Crippen LogP contribution in [0.3, 0.4) is 0 Å². The van der Waals surface area contributed by atoms with Gasteiger partial charge in [0, 0.05) is 13.1 Å². The van der Waals surface area contributed by atoms with Gasteiger partial charge in [-0.3, -0.25) is 0 Å². The maximum Gasteiger partial charge on any atom is 0.0693 e. The normalized spacial score (nSPS) is 37.7. The molecule has 3 fully saturated rings. The molecular weight excluding hydrogens is 222 g/mol. The number of nitrogens with zero attached hydrogens (tertiary/aromatic N) is 1. The summed E-state index contributed by atoms with van der Waals surface area (Å²) < 4.78 is 0. The fourth-order valence-corrected chi connectivity index (χ4v) is 4.29. The van der Waals surface area contributed by atoms with E-state index in [1.807, 2.05) is 0 Å². The second-order valence-corrected chi connectivity index (χ2v) is 7.39. The third-order valence-electron chi connectivity index (χ3n) is 6.10. The molecule has 2 atom stereocenters. The third-order valence-corrected chi connectivity index (χ3v) is 6.10. The predicted molar refractivity (Wildman–Crippen MR) is 74.5 cm³/mol. The molecule has 2 heteroatoms. The van der Waals surface area contributed by atoms with Crippen molar-refractivity contribution in [2.75, 3.05) is 19.6 Å². The minimum Gasteiger partial charge on any atom is -0.392 e. The molecule has 0 aromatic rings. The molecule has 3 aliphatic rings. The Labute approximate surface area is 112 Å². The van der Waals surface area contributed by atoms with Crippen LogP contribution in [0.1, 0.15) is 58.3 Å². The lowest BCUT2D eigenvalue weighted by Crippen LogP contribution is -2.45. The van der Waals surface area contributed by atoms with Gasteiger partial charge in [-0.1, -0.05) is 13.3 Å². The summed E-state index contributed by atoms with van der Waals surface area (Å²) in [5.74, 6) is 1.42. The molecule has 2 saturated carbocycles. The number of β-amino-alcohol motifs (C(OH)–C–C–N with tert-alkyl or cyclic N) is 1. The molecule has 0 unspecified atom stereocenters. The molecule has 0 aromatic carbocycles. The van der Waals surface area contributed by atoms with Crippen molar-refractivity contribution >= 4 is 0 Å². The van der Waals surface area contributed by atoms with Gasteiger partial charge in [0.05, 0.1) is 6.10 Å². The average Bonchev–Trinajstić information content (AvgIpc) is 2.33. The van der Waals surface area contributed by atoms with E-state index < -0.39 is 0 Å². The van der Waals surface area contributed by atoms with Crippen LogP contribution >= 0.6 is 0 Å². The molecule has 2 nitrogen and oxygen atoms in total. The van der Waals surface area contributed by atoms with Crippen LogP contribution in [0.2, 0.25) is 0 Å². The summed E-state index contributed by atoms with van der Waals surface area (Å²) in [6, 6.07) is 0. The molecule has 1 heterocycles. The van der Waals surface area contributed by atoms with E-state index in [1.165, 1.54) is 64.5 Å². The first-order chi connectivity index (χ1) is 8.67. The second-order valence-electron chi connectivity index (χ2n) is 7.39. The highest BCUT2D eigenvalue weighted by molar-refractivity contribution is 4.92. The van der Waals surface area contributed by atoms with Crippen LogP contribution in [0.25, 0.3) is 0 Å². The Bertz CT molecular complexity index is 277. The smallest absolute Gasteiger partial charge is 0.0693 e. The molecule has 0 amide bonds. The Morgan fingerprint density at radius 1 is 1.11 bits per heavy atom. The molecule has 18 heavy (non-hydrogen) atoms. The first-order valence-corrected chi connectivity index (χ1v) is 8.07. The van der Waals surface area contributed by atoms with Gasteiger partial charge in [0.1, 0.15) is 0 Å². The molecular formula is C16H29NO. The van der Waals surface area contributed by atoms with Gasteiger partial charge in [0.15, 0.2) is 0 Å². The summed E-state index contributed by atoms with van der Waals surface area (Å²) in [6.07, 6.45) is 11.5. The number of hydrogen-bond acceptors (Lipinski definition) is 2. The van der Waals surface area contributed by atoms with E-state index in [-0.39, 0.29) is 6.10 Å². The fraction of sp³-hybridized carbons (Fsp3) is 1.00. The van der Waals surface area contributed by atoms with Crippen molar-refractivity contribution in [2.24, 2.45) is 17.3 Å². The first kappa shape index (κ1) is 12.9. The average molecular weight is 251 g/mol. The van der Waals surface area contributed by atoms with Crippen molar-refractivity contribution in [3.8, 4) is 0 Å². The van der Waals surface area contributed by atoms with Crippen molar-refractivity contribution in [3.63, 3.8) is 0 Å². The van der Waals surface area contributed by atoms with Crippen LogP contribution in [0, 0.1) is 17.3 Å². The molecule has 1 N–H and O–H groups in total. The van der Waals surface area contributed by atoms with Gasteiger partial charge in [-0.15, -0.1) is 0 Å². The van der Waals surface area contributed by atoms with Gasteiger partial charge in [0.2, 0.25) is 0 Å². The molecule has 1 aliphatic heterocycles. The minimum atomic E-state index is -0.0830. The molecule has 1 spiro atoms. The number of piperidine rings is 1. The maximum absolute atomic E-state index is 9.97. The molecule has 1 saturated heterocycles. The third kappa shape index (κ3) is 2.60. The highest BCUT2D eigenvalue weighted by Gasteiger charge is 2.40. The zero-order valence-electron chi connectivity index (χ0n) is 11.9. The van der Waals surface area contributed by atoms with Crippen LogP contribution in [-0.4, -0.2) is 35.7 Å². The topological polar surface area (TPSA) is 23.5 Å². The Hall–Kier alpha value is -0.0800. The Morgan fingerprint density at radius 3 is 2.39 bits per heavy atom. The highest BCUT2D eigenvalue weighted by atomic mass is 16.3. The molecule has 0 radical (unpaired) electrons. The van der Waals surface area contributed by atoms with Crippen molar-refractivity contribution in [2.45, 2.75) is 64.4 Å². The minimum absolute atomic E-state index is 0.0830. The van der Waals surface area contributed by atoms with E-state index in [4.69, 9.17) is 0 Å². The van der Waals surface area contributed by atoms with Gasteiger partial charge in [-0.05, 0) is 68.7 Å². The molecule has 3 rings (SSSR count). The first-order valence-electron chi connectivity index (χ1n) is 8.07. The standard InChI is InChI=1S/C16H29NO/c1-13-5-10-17(12-15(13)18)11-14-3-8-16(9-4-14)6-2-7-16/h13-15,18H,2-12H2,1H3/t13-,15-/m1/s1. The van der Waals surface area contributed by atoms with Crippen LogP contribution in [0.5, 0.6) is 0 Å². The van der Waals surface area contributed by atoms with E-state index in [1.54, 1.807) is 0 Å². The maximum atomic E-state index is 9.97. The number of rotatable bonds is 2. The number of aliphatic hydroxyl groups excluding tert-OH is 1. The molecule has 0 bridgehead atoms. The summed E-state index contributed by atoms with van der Waals surface area (Å²) in [6.45, 7) is 5.56. The van der Waals surface area contributed by atoms with Crippen LogP contribution in [0.15, 0.2) is 0 Å². The fourth-order valence-electron chi connectivity index (χ4n) is 4.29. The monoisotopic (exact) mass is 251 g/mol.